The zero-order valence-corrected chi connectivity index (χ0v) is 12.7. The van der Waals surface area contributed by atoms with Gasteiger partial charge in [0.2, 0.25) is 0 Å². The summed E-state index contributed by atoms with van der Waals surface area (Å²) in [4.78, 5) is 11.9. The van der Waals surface area contributed by atoms with Crippen molar-refractivity contribution in [2.24, 2.45) is 5.10 Å². The molecule has 1 amide bonds. The molecule has 0 radical (unpaired) electrons. The summed E-state index contributed by atoms with van der Waals surface area (Å²) < 4.78 is 0. The Morgan fingerprint density at radius 3 is 2.59 bits per heavy atom. The smallest absolute Gasteiger partial charge is 0.284 e. The second-order valence-corrected chi connectivity index (χ2v) is 4.94. The van der Waals surface area contributed by atoms with Crippen LogP contribution in [0.4, 0.5) is 5.69 Å². The highest BCUT2D eigenvalue weighted by Crippen LogP contribution is 2.13. The molecule has 6 heteroatoms. The van der Waals surface area contributed by atoms with Gasteiger partial charge in [-0.15, -0.1) is 0 Å². The van der Waals surface area contributed by atoms with Gasteiger partial charge in [-0.05, 0) is 30.7 Å². The Hall–Kier alpha value is -2.73. The standard InChI is InChI=1S/C16H15N3O2S/c1-11-6-2-4-8-13(11)18-15(21)16(22)19-17-10-12-7-3-5-9-14(12)20/h2-10,20H,1H3,(H,18,21)(H,19,22)/b17-10+. The Balaban J connectivity index is 1.94. The number of aryl methyl sites for hydroxylation is 1. The number of hydrogen-bond acceptors (Lipinski definition) is 4. The van der Waals surface area contributed by atoms with Crippen molar-refractivity contribution in [1.82, 2.24) is 5.43 Å². The number of nitrogens with zero attached hydrogens (tertiary/aromatic N) is 1. The predicted octanol–water partition coefficient (Wildman–Crippen LogP) is 2.59. The molecule has 0 spiro atoms. The van der Waals surface area contributed by atoms with E-state index in [1.165, 1.54) is 6.21 Å². The van der Waals surface area contributed by atoms with E-state index in [0.29, 0.717) is 11.3 Å². The minimum absolute atomic E-state index is 0.0603. The number of anilines is 1. The van der Waals surface area contributed by atoms with Gasteiger partial charge in [-0.3, -0.25) is 10.2 Å². The molecule has 0 aromatic heterocycles. The summed E-state index contributed by atoms with van der Waals surface area (Å²) in [5, 5.41) is 16.1. The highest BCUT2D eigenvalue weighted by molar-refractivity contribution is 7.82. The highest BCUT2D eigenvalue weighted by Gasteiger charge is 2.09. The number of rotatable bonds is 3. The number of hydrogen-bond donors (Lipinski definition) is 3. The first-order valence-electron chi connectivity index (χ1n) is 6.56. The van der Waals surface area contributed by atoms with Gasteiger partial charge in [-0.1, -0.05) is 42.5 Å². The van der Waals surface area contributed by atoms with E-state index in [1.54, 1.807) is 30.3 Å². The van der Waals surface area contributed by atoms with E-state index in [2.05, 4.69) is 15.8 Å². The molecule has 0 atom stereocenters. The largest absolute Gasteiger partial charge is 0.507 e. The fourth-order valence-corrected chi connectivity index (χ4v) is 1.80. The molecule has 2 aromatic rings. The van der Waals surface area contributed by atoms with Crippen LogP contribution in [0.1, 0.15) is 11.1 Å². The lowest BCUT2D eigenvalue weighted by atomic mass is 10.2. The number of amides is 1. The average molecular weight is 313 g/mol. The number of aromatic hydroxyl groups is 1. The maximum Gasteiger partial charge on any atom is 0.284 e. The number of para-hydroxylation sites is 2. The Morgan fingerprint density at radius 1 is 1.18 bits per heavy atom. The van der Waals surface area contributed by atoms with Crippen LogP contribution >= 0.6 is 12.2 Å². The summed E-state index contributed by atoms with van der Waals surface area (Å²) in [5.41, 5.74) is 4.64. The van der Waals surface area contributed by atoms with Gasteiger partial charge in [0, 0.05) is 11.3 Å². The van der Waals surface area contributed by atoms with E-state index in [4.69, 9.17) is 12.2 Å². The number of phenols is 1. The van der Waals surface area contributed by atoms with Gasteiger partial charge in [0.25, 0.3) is 5.91 Å². The van der Waals surface area contributed by atoms with Crippen LogP contribution in [0.5, 0.6) is 5.75 Å². The average Bonchev–Trinajstić information content (AvgIpc) is 2.51. The summed E-state index contributed by atoms with van der Waals surface area (Å²) in [6, 6.07) is 14.1. The van der Waals surface area contributed by atoms with Crippen LogP contribution in [0.2, 0.25) is 0 Å². The first kappa shape index (κ1) is 15.7. The number of benzene rings is 2. The molecule has 0 saturated heterocycles. The molecule has 22 heavy (non-hydrogen) atoms. The lowest BCUT2D eigenvalue weighted by Crippen LogP contribution is -2.30. The van der Waals surface area contributed by atoms with Crippen LogP contribution in [-0.2, 0) is 4.79 Å². The maximum atomic E-state index is 11.9. The number of carbonyl (C=O) groups is 1. The molecule has 0 saturated carbocycles. The van der Waals surface area contributed by atoms with Crippen LogP contribution < -0.4 is 10.7 Å². The third kappa shape index (κ3) is 4.13. The first-order valence-corrected chi connectivity index (χ1v) is 6.97. The highest BCUT2D eigenvalue weighted by atomic mass is 32.1. The summed E-state index contributed by atoms with van der Waals surface area (Å²) in [6.07, 6.45) is 1.39. The van der Waals surface area contributed by atoms with Gasteiger partial charge in [-0.25, -0.2) is 0 Å². The van der Waals surface area contributed by atoms with Crippen LogP contribution in [0.25, 0.3) is 0 Å². The van der Waals surface area contributed by atoms with Crippen molar-refractivity contribution >= 4 is 35.0 Å². The van der Waals surface area contributed by atoms with Gasteiger partial charge in [0.15, 0.2) is 4.99 Å². The topological polar surface area (TPSA) is 73.7 Å². The van der Waals surface area contributed by atoms with E-state index >= 15 is 0 Å². The minimum Gasteiger partial charge on any atom is -0.507 e. The Bertz CT molecular complexity index is 729. The number of hydrazone groups is 1. The molecule has 3 N–H and O–H groups in total. The second-order valence-electron chi connectivity index (χ2n) is 4.53. The van der Waals surface area contributed by atoms with Crippen LogP contribution in [0.3, 0.4) is 0 Å². The molecule has 0 heterocycles. The fourth-order valence-electron chi connectivity index (χ4n) is 1.70. The molecule has 0 unspecified atom stereocenters. The van der Waals surface area contributed by atoms with Crippen molar-refractivity contribution in [1.29, 1.82) is 0 Å². The fraction of sp³-hybridized carbons (Fsp3) is 0.0625. The monoisotopic (exact) mass is 313 g/mol. The number of nitrogens with one attached hydrogen (secondary N) is 2. The molecule has 2 rings (SSSR count). The van der Waals surface area contributed by atoms with Crippen molar-refractivity contribution in [3.63, 3.8) is 0 Å². The molecule has 5 nitrogen and oxygen atoms in total. The SMILES string of the molecule is Cc1ccccc1NC(=O)C(=S)N/N=C/c1ccccc1O. The molecule has 112 valence electrons. The van der Waals surface area contributed by atoms with Crippen LogP contribution in [0.15, 0.2) is 53.6 Å². The van der Waals surface area contributed by atoms with Crippen molar-refractivity contribution in [2.45, 2.75) is 6.92 Å². The Kier molecular flexibility index (Phi) is 5.21. The number of carbonyl (C=O) groups excluding carboxylic acids is 1. The molecule has 0 aliphatic heterocycles. The molecular weight excluding hydrogens is 298 g/mol. The van der Waals surface area contributed by atoms with Gasteiger partial charge in [0.05, 0.1) is 6.21 Å². The molecule has 0 aliphatic rings. The van der Waals surface area contributed by atoms with E-state index < -0.39 is 5.91 Å². The zero-order chi connectivity index (χ0) is 15.9. The van der Waals surface area contributed by atoms with Gasteiger partial charge in [0.1, 0.15) is 5.75 Å². The second kappa shape index (κ2) is 7.33. The third-order valence-electron chi connectivity index (χ3n) is 2.91. The van der Waals surface area contributed by atoms with Crippen molar-refractivity contribution < 1.29 is 9.90 Å². The van der Waals surface area contributed by atoms with E-state index in [0.717, 1.165) is 5.56 Å². The Labute approximate surface area is 133 Å². The van der Waals surface area contributed by atoms with Gasteiger partial charge in [-0.2, -0.15) is 5.10 Å². The number of phenolic OH excluding ortho intramolecular Hbond substituents is 1. The number of thiocarbonyl (C=S) groups is 1. The van der Waals surface area contributed by atoms with Crippen molar-refractivity contribution in [2.75, 3.05) is 5.32 Å². The quantitative estimate of drug-likeness (QED) is 0.462. The van der Waals surface area contributed by atoms with Crippen molar-refractivity contribution in [3.05, 3.63) is 59.7 Å². The van der Waals surface area contributed by atoms with E-state index in [-0.39, 0.29) is 10.7 Å². The van der Waals surface area contributed by atoms with E-state index in [9.17, 15) is 9.90 Å². The molecule has 0 bridgehead atoms. The molecule has 2 aromatic carbocycles. The summed E-state index contributed by atoms with van der Waals surface area (Å²) >= 11 is 4.97. The van der Waals surface area contributed by atoms with Crippen LogP contribution in [-0.4, -0.2) is 22.2 Å². The normalized spacial score (nSPS) is 10.4. The Morgan fingerprint density at radius 2 is 1.86 bits per heavy atom. The lowest BCUT2D eigenvalue weighted by Gasteiger charge is -2.08. The molecular formula is C16H15N3O2S. The van der Waals surface area contributed by atoms with E-state index in [1.807, 2.05) is 25.1 Å². The van der Waals surface area contributed by atoms with Crippen molar-refractivity contribution in [3.8, 4) is 5.75 Å². The van der Waals surface area contributed by atoms with Crippen LogP contribution in [0, 0.1) is 6.92 Å². The minimum atomic E-state index is -0.446. The molecule has 0 aliphatic carbocycles. The molecule has 0 fully saturated rings. The third-order valence-corrected chi connectivity index (χ3v) is 3.18. The summed E-state index contributed by atoms with van der Waals surface area (Å²) in [5.74, 6) is -0.345. The lowest BCUT2D eigenvalue weighted by molar-refractivity contribution is -0.110. The predicted molar refractivity (Wildman–Crippen MR) is 91.2 cm³/mol. The maximum absolute atomic E-state index is 11.9. The summed E-state index contributed by atoms with van der Waals surface area (Å²) in [7, 11) is 0. The summed E-state index contributed by atoms with van der Waals surface area (Å²) in [6.45, 7) is 1.89. The first-order chi connectivity index (χ1) is 10.6. The van der Waals surface area contributed by atoms with Gasteiger partial charge >= 0.3 is 0 Å². The zero-order valence-electron chi connectivity index (χ0n) is 11.9. The van der Waals surface area contributed by atoms with Gasteiger partial charge < -0.3 is 10.4 Å².